The zero-order valence-electron chi connectivity index (χ0n) is 20.3. The fourth-order valence-electron chi connectivity index (χ4n) is 4.75. The number of anilines is 2. The fraction of sp³-hybridized carbons (Fsp3) is 0.560. The Balaban J connectivity index is 1.54. The van der Waals surface area contributed by atoms with E-state index in [0.717, 1.165) is 11.9 Å². The highest BCUT2D eigenvalue weighted by Crippen LogP contribution is 2.38. The zero-order chi connectivity index (χ0) is 24.7. The lowest BCUT2D eigenvalue weighted by Gasteiger charge is -2.21. The van der Waals surface area contributed by atoms with Crippen molar-refractivity contribution in [1.29, 1.82) is 0 Å². The Bertz CT molecular complexity index is 1210. The summed E-state index contributed by atoms with van der Waals surface area (Å²) in [7, 11) is 0. The number of nitrogens with zero attached hydrogens (tertiary/aromatic N) is 3. The molecule has 3 heterocycles. The number of pyridine rings is 1. The van der Waals surface area contributed by atoms with Crippen LogP contribution in [0.15, 0.2) is 16.5 Å². The van der Waals surface area contributed by atoms with Gasteiger partial charge in [-0.3, -0.25) is 0 Å². The summed E-state index contributed by atoms with van der Waals surface area (Å²) in [6, 6.07) is 3.28. The molecule has 5 N–H and O–H groups in total. The summed E-state index contributed by atoms with van der Waals surface area (Å²) in [4.78, 5) is 13.9. The van der Waals surface area contributed by atoms with Gasteiger partial charge in [-0.15, -0.1) is 0 Å². The molecule has 0 bridgehead atoms. The fourth-order valence-corrected chi connectivity index (χ4v) is 4.75. The van der Waals surface area contributed by atoms with Gasteiger partial charge >= 0.3 is 0 Å². The number of aromatic nitrogens is 3. The van der Waals surface area contributed by atoms with E-state index in [2.05, 4.69) is 20.6 Å². The maximum atomic E-state index is 10.6. The smallest absolute Gasteiger partial charge is 0.224 e. The highest BCUT2D eigenvalue weighted by Gasteiger charge is 2.41. The molecule has 10 heteroatoms. The highest BCUT2D eigenvalue weighted by atomic mass is 16.5. The minimum atomic E-state index is -1.03. The first-order valence-electron chi connectivity index (χ1n) is 12.3. The van der Waals surface area contributed by atoms with Gasteiger partial charge in [0.05, 0.1) is 35.7 Å². The molecular weight excluding hydrogens is 450 g/mol. The van der Waals surface area contributed by atoms with Gasteiger partial charge in [-0.05, 0) is 52.0 Å². The number of furan rings is 1. The lowest BCUT2D eigenvalue weighted by atomic mass is 10.1. The summed E-state index contributed by atoms with van der Waals surface area (Å²) in [6.07, 6.45) is 0.787. The first-order valence-corrected chi connectivity index (χ1v) is 12.3. The van der Waals surface area contributed by atoms with Crippen LogP contribution in [0.4, 0.5) is 11.8 Å². The van der Waals surface area contributed by atoms with Crippen LogP contribution in [0.2, 0.25) is 0 Å². The first kappa shape index (κ1) is 23.8. The van der Waals surface area contributed by atoms with Crippen LogP contribution in [-0.2, 0) is 0 Å². The predicted molar refractivity (Wildman–Crippen MR) is 132 cm³/mol. The topological polar surface area (TPSA) is 146 Å². The lowest BCUT2D eigenvalue weighted by molar-refractivity contribution is 0.00446. The molecule has 4 atom stereocenters. The second-order valence-corrected chi connectivity index (χ2v) is 9.60. The molecule has 0 aromatic carbocycles. The molecule has 188 valence electrons. The number of aliphatic hydroxyl groups excluding tert-OH is 3. The van der Waals surface area contributed by atoms with E-state index < -0.39 is 24.2 Å². The summed E-state index contributed by atoms with van der Waals surface area (Å²) in [5, 5.41) is 38.0. The minimum absolute atomic E-state index is 0.196. The van der Waals surface area contributed by atoms with Gasteiger partial charge in [0.25, 0.3) is 0 Å². The lowest BCUT2D eigenvalue weighted by Crippen LogP contribution is -2.35. The Morgan fingerprint density at radius 2 is 1.89 bits per heavy atom. The summed E-state index contributed by atoms with van der Waals surface area (Å²) in [6.45, 7) is 6.81. The molecule has 0 radical (unpaired) electrons. The Morgan fingerprint density at radius 3 is 2.57 bits per heavy atom. The molecule has 35 heavy (non-hydrogen) atoms. The van der Waals surface area contributed by atoms with Crippen molar-refractivity contribution < 1.29 is 24.5 Å². The van der Waals surface area contributed by atoms with Crippen molar-refractivity contribution in [3.63, 3.8) is 0 Å². The molecule has 0 amide bonds. The van der Waals surface area contributed by atoms with Crippen molar-refractivity contribution in [2.75, 3.05) is 30.4 Å². The summed E-state index contributed by atoms with van der Waals surface area (Å²) < 4.78 is 11.8. The third-order valence-corrected chi connectivity index (χ3v) is 6.88. The van der Waals surface area contributed by atoms with Crippen molar-refractivity contribution in [2.45, 2.75) is 58.3 Å². The molecule has 2 aliphatic rings. The molecule has 2 saturated carbocycles. The van der Waals surface area contributed by atoms with Crippen LogP contribution in [0.3, 0.4) is 0 Å². The van der Waals surface area contributed by atoms with Crippen LogP contribution in [0.1, 0.15) is 37.6 Å². The Hall–Kier alpha value is -2.95. The maximum Gasteiger partial charge on any atom is 0.224 e. The number of rotatable bonds is 9. The van der Waals surface area contributed by atoms with Crippen molar-refractivity contribution in [3.8, 4) is 17.2 Å². The molecule has 3 aromatic heterocycles. The normalized spacial score (nSPS) is 24.2. The summed E-state index contributed by atoms with van der Waals surface area (Å²) >= 11 is 0. The summed E-state index contributed by atoms with van der Waals surface area (Å²) in [5.74, 6) is 2.35. The van der Waals surface area contributed by atoms with Gasteiger partial charge < -0.3 is 35.1 Å². The Labute approximate surface area is 203 Å². The number of aryl methyl sites for hydroxylation is 2. The van der Waals surface area contributed by atoms with E-state index >= 15 is 0 Å². The van der Waals surface area contributed by atoms with Crippen molar-refractivity contribution in [2.24, 2.45) is 11.8 Å². The number of hydrogen-bond donors (Lipinski definition) is 5. The largest absolute Gasteiger partial charge is 0.478 e. The molecule has 3 aromatic rings. The van der Waals surface area contributed by atoms with Gasteiger partial charge in [0.15, 0.2) is 5.58 Å². The van der Waals surface area contributed by atoms with Crippen LogP contribution in [0.25, 0.3) is 22.3 Å². The van der Waals surface area contributed by atoms with Gasteiger partial charge in [-0.25, -0.2) is 9.97 Å². The molecular formula is C25H33N5O5. The second-order valence-electron chi connectivity index (χ2n) is 9.60. The van der Waals surface area contributed by atoms with E-state index in [1.165, 1.54) is 12.8 Å². The average molecular weight is 484 g/mol. The molecule has 5 rings (SSSR count). The van der Waals surface area contributed by atoms with Gasteiger partial charge in [0.1, 0.15) is 17.7 Å². The van der Waals surface area contributed by atoms with Gasteiger partial charge in [-0.2, -0.15) is 4.98 Å². The molecule has 10 nitrogen and oxygen atoms in total. The van der Waals surface area contributed by atoms with E-state index in [9.17, 15) is 15.3 Å². The summed E-state index contributed by atoms with van der Waals surface area (Å²) in [5.41, 5.74) is 2.75. The van der Waals surface area contributed by atoms with Crippen molar-refractivity contribution >= 4 is 22.7 Å². The van der Waals surface area contributed by atoms with Crippen LogP contribution >= 0.6 is 0 Å². The molecule has 0 spiro atoms. The van der Waals surface area contributed by atoms with Crippen LogP contribution in [0, 0.1) is 25.7 Å². The number of fused-ring (bicyclic) bond motifs is 1. The van der Waals surface area contributed by atoms with Crippen LogP contribution in [0.5, 0.6) is 5.88 Å². The number of hydrogen-bond acceptors (Lipinski definition) is 10. The quantitative estimate of drug-likeness (QED) is 0.308. The third kappa shape index (κ3) is 4.78. The molecule has 1 unspecified atom stereocenters. The van der Waals surface area contributed by atoms with Gasteiger partial charge in [0, 0.05) is 30.5 Å². The van der Waals surface area contributed by atoms with E-state index in [-0.39, 0.29) is 6.61 Å². The first-order chi connectivity index (χ1) is 16.9. The zero-order valence-corrected chi connectivity index (χ0v) is 20.3. The van der Waals surface area contributed by atoms with Crippen LogP contribution < -0.4 is 15.4 Å². The Kier molecular flexibility index (Phi) is 6.52. The van der Waals surface area contributed by atoms with Gasteiger partial charge in [-0.1, -0.05) is 0 Å². The minimum Gasteiger partial charge on any atom is -0.478 e. The second kappa shape index (κ2) is 9.60. The highest BCUT2D eigenvalue weighted by molar-refractivity contribution is 5.88. The standard InChI is InChI=1S/C25H33N5O5/c1-4-34-19-9-15-8-18(35-23(15)13(3)27-19)20-12(2)28-25(26-10-14-5-6-14)30-24(20)29-17-7-16(11-31)21(32)22(17)33/h8-9,14,16-17,21-22,31-33H,4-7,10-11H2,1-3H3,(H2,26,28,29,30)/t16-,17?,21-,22+/m1/s1. The SMILES string of the molecule is CCOc1cc2cc(-c3c(C)nc(NCC4CC4)nc3NC3C[C@H](CO)[C@@H](O)[C@H]3O)oc2c(C)n1. The van der Waals surface area contributed by atoms with Crippen molar-refractivity contribution in [1.82, 2.24) is 15.0 Å². The molecule has 0 saturated heterocycles. The number of ether oxygens (including phenoxy) is 1. The van der Waals surface area contributed by atoms with Crippen molar-refractivity contribution in [3.05, 3.63) is 23.5 Å². The average Bonchev–Trinajstić information content (AvgIpc) is 3.50. The predicted octanol–water partition coefficient (Wildman–Crippen LogP) is 2.64. The molecule has 0 aliphatic heterocycles. The number of nitrogens with one attached hydrogen (secondary N) is 2. The van der Waals surface area contributed by atoms with E-state index in [4.69, 9.17) is 14.1 Å². The molecule has 2 aliphatic carbocycles. The maximum absolute atomic E-state index is 10.6. The van der Waals surface area contributed by atoms with E-state index in [0.29, 0.717) is 64.9 Å². The van der Waals surface area contributed by atoms with E-state index in [1.807, 2.05) is 32.9 Å². The van der Waals surface area contributed by atoms with Crippen LogP contribution in [-0.4, -0.2) is 68.3 Å². The Morgan fingerprint density at radius 1 is 1.09 bits per heavy atom. The van der Waals surface area contributed by atoms with E-state index in [1.54, 1.807) is 0 Å². The monoisotopic (exact) mass is 483 g/mol. The van der Waals surface area contributed by atoms with Gasteiger partial charge in [0.2, 0.25) is 11.8 Å². The molecule has 2 fully saturated rings. The third-order valence-electron chi connectivity index (χ3n) is 6.88. The number of aliphatic hydroxyl groups is 3.